The van der Waals surface area contributed by atoms with Crippen LogP contribution < -0.4 is 10.1 Å². The molecule has 35 heavy (non-hydrogen) atoms. The van der Waals surface area contributed by atoms with Crippen LogP contribution in [0.4, 0.5) is 5.69 Å². The summed E-state index contributed by atoms with van der Waals surface area (Å²) in [5, 5.41) is 12.4. The highest BCUT2D eigenvalue weighted by Crippen LogP contribution is 2.35. The molecule has 0 saturated carbocycles. The summed E-state index contributed by atoms with van der Waals surface area (Å²) in [7, 11) is 0. The number of nitrogens with zero attached hydrogens (tertiary/aromatic N) is 1. The zero-order chi connectivity index (χ0) is 24.3. The number of rotatable bonds is 10. The van der Waals surface area contributed by atoms with Gasteiger partial charge < -0.3 is 10.1 Å². The van der Waals surface area contributed by atoms with E-state index in [1.165, 1.54) is 17.3 Å². The summed E-state index contributed by atoms with van der Waals surface area (Å²) < 4.78 is 5.84. The van der Waals surface area contributed by atoms with Crippen molar-refractivity contribution in [3.8, 4) is 11.8 Å². The number of nitriles is 1. The molecule has 0 radical (unpaired) electrons. The highest BCUT2D eigenvalue weighted by atomic mass is 32.2. The van der Waals surface area contributed by atoms with Crippen molar-refractivity contribution >= 4 is 23.4 Å². The maximum absolute atomic E-state index is 12.9. The van der Waals surface area contributed by atoms with Crippen molar-refractivity contribution in [3.63, 3.8) is 0 Å². The van der Waals surface area contributed by atoms with E-state index in [0.29, 0.717) is 23.4 Å². The van der Waals surface area contributed by atoms with Crippen molar-refractivity contribution in [2.24, 2.45) is 0 Å². The van der Waals surface area contributed by atoms with E-state index in [1.54, 1.807) is 18.2 Å². The van der Waals surface area contributed by atoms with E-state index >= 15 is 0 Å². The third-order valence-corrected chi connectivity index (χ3v) is 6.60. The average Bonchev–Trinajstić information content (AvgIpc) is 2.91. The molecule has 0 saturated heterocycles. The molecule has 1 N–H and O–H groups in total. The number of para-hydroxylation sites is 1. The molecule has 0 spiro atoms. The second kappa shape index (κ2) is 12.5. The molecular weight excluding hydrogens is 452 g/mol. The lowest BCUT2D eigenvalue weighted by Crippen LogP contribution is -2.12. The predicted octanol–water partition coefficient (Wildman–Crippen LogP) is 7.36. The summed E-state index contributed by atoms with van der Waals surface area (Å²) in [6, 6.07) is 34.9. The van der Waals surface area contributed by atoms with Crippen LogP contribution in [0.5, 0.6) is 5.75 Å². The number of unbranched alkanes of at least 4 members (excludes halogenated alkanes) is 1. The molecule has 0 heterocycles. The summed E-state index contributed by atoms with van der Waals surface area (Å²) in [6.45, 7) is 0.646. The number of amides is 1. The number of carbonyl (C=O) groups is 1. The van der Waals surface area contributed by atoms with Crippen molar-refractivity contribution in [3.05, 3.63) is 120 Å². The quantitative estimate of drug-likeness (QED) is 0.242. The number of benzene rings is 4. The Kier molecular flexibility index (Phi) is 8.58. The van der Waals surface area contributed by atoms with Crippen molar-refractivity contribution < 1.29 is 9.53 Å². The van der Waals surface area contributed by atoms with Gasteiger partial charge in [-0.15, -0.1) is 0 Å². The molecule has 0 unspecified atom stereocenters. The Labute approximate surface area is 210 Å². The number of hydrogen-bond acceptors (Lipinski definition) is 4. The van der Waals surface area contributed by atoms with Crippen LogP contribution in [-0.4, -0.2) is 12.5 Å². The fourth-order valence-corrected chi connectivity index (χ4v) is 4.57. The first-order chi connectivity index (χ1) is 17.2. The molecule has 4 rings (SSSR count). The van der Waals surface area contributed by atoms with Crippen LogP contribution in [0.2, 0.25) is 0 Å². The zero-order valence-corrected chi connectivity index (χ0v) is 20.1. The Morgan fingerprint density at radius 1 is 0.800 bits per heavy atom. The van der Waals surface area contributed by atoms with Crippen LogP contribution in [0.3, 0.4) is 0 Å². The van der Waals surface area contributed by atoms with Crippen LogP contribution in [0.25, 0.3) is 0 Å². The monoisotopic (exact) mass is 478 g/mol. The Balaban J connectivity index is 1.30. The maximum Gasteiger partial charge on any atom is 0.255 e. The Bertz CT molecular complexity index is 1300. The number of ether oxygens (including phenoxy) is 1. The third-order valence-electron chi connectivity index (χ3n) is 5.45. The second-order valence-corrected chi connectivity index (χ2v) is 9.06. The molecule has 0 bridgehead atoms. The summed E-state index contributed by atoms with van der Waals surface area (Å²) in [5.41, 5.74) is 3.21. The number of carbonyl (C=O) groups excluding carboxylic acids is 1. The summed E-state index contributed by atoms with van der Waals surface area (Å²) >= 11 is 1.46. The van der Waals surface area contributed by atoms with Crippen molar-refractivity contribution in [1.29, 1.82) is 5.26 Å². The Morgan fingerprint density at radius 2 is 1.49 bits per heavy atom. The Hall–Kier alpha value is -4.01. The third kappa shape index (κ3) is 6.99. The minimum atomic E-state index is -0.193. The number of hydrogen-bond donors (Lipinski definition) is 1. The van der Waals surface area contributed by atoms with E-state index in [-0.39, 0.29) is 5.91 Å². The lowest BCUT2D eigenvalue weighted by atomic mass is 10.1. The van der Waals surface area contributed by atoms with Gasteiger partial charge in [-0.25, -0.2) is 0 Å². The van der Waals surface area contributed by atoms with Crippen LogP contribution >= 0.6 is 11.8 Å². The summed E-state index contributed by atoms with van der Waals surface area (Å²) in [6.07, 6.45) is 3.09. The minimum absolute atomic E-state index is 0.193. The second-order valence-electron chi connectivity index (χ2n) is 7.98. The van der Waals surface area contributed by atoms with Gasteiger partial charge in [0, 0.05) is 15.4 Å². The van der Waals surface area contributed by atoms with E-state index in [2.05, 4.69) is 35.7 Å². The van der Waals surface area contributed by atoms with Crippen LogP contribution in [-0.2, 0) is 6.42 Å². The van der Waals surface area contributed by atoms with E-state index in [1.807, 2.05) is 60.7 Å². The van der Waals surface area contributed by atoms with Crippen molar-refractivity contribution in [2.45, 2.75) is 29.1 Å². The first-order valence-electron chi connectivity index (χ1n) is 11.6. The molecular formula is C30H26N2O2S. The predicted molar refractivity (Wildman–Crippen MR) is 141 cm³/mol. The number of nitrogens with one attached hydrogen (secondary N) is 1. The minimum Gasteiger partial charge on any atom is -0.494 e. The van der Waals surface area contributed by atoms with Gasteiger partial charge in [0.15, 0.2) is 0 Å². The average molecular weight is 479 g/mol. The largest absolute Gasteiger partial charge is 0.494 e. The fraction of sp³-hybridized carbons (Fsp3) is 0.133. The topological polar surface area (TPSA) is 62.1 Å². The molecule has 0 aliphatic carbocycles. The lowest BCUT2D eigenvalue weighted by molar-refractivity contribution is 0.102. The number of aryl methyl sites for hydroxylation is 1. The van der Waals surface area contributed by atoms with Gasteiger partial charge >= 0.3 is 0 Å². The molecule has 0 atom stereocenters. The van der Waals surface area contributed by atoms with Crippen molar-refractivity contribution in [2.75, 3.05) is 11.9 Å². The van der Waals surface area contributed by atoms with E-state index in [4.69, 9.17) is 4.74 Å². The first-order valence-corrected chi connectivity index (χ1v) is 12.4. The van der Waals surface area contributed by atoms with Gasteiger partial charge in [-0.1, -0.05) is 66.4 Å². The van der Waals surface area contributed by atoms with E-state index in [0.717, 1.165) is 34.8 Å². The molecule has 0 fully saturated rings. The number of anilines is 1. The van der Waals surface area contributed by atoms with E-state index < -0.39 is 0 Å². The van der Waals surface area contributed by atoms with Crippen LogP contribution in [0, 0.1) is 11.3 Å². The van der Waals surface area contributed by atoms with Gasteiger partial charge in [0.05, 0.1) is 17.9 Å². The molecule has 1 amide bonds. The highest BCUT2D eigenvalue weighted by molar-refractivity contribution is 7.99. The maximum atomic E-state index is 12.9. The first kappa shape index (κ1) is 24.1. The summed E-state index contributed by atoms with van der Waals surface area (Å²) in [4.78, 5) is 14.6. The van der Waals surface area contributed by atoms with Gasteiger partial charge in [-0.2, -0.15) is 5.26 Å². The van der Waals surface area contributed by atoms with Gasteiger partial charge in [-0.05, 0) is 73.4 Å². The molecule has 5 heteroatoms. The van der Waals surface area contributed by atoms with Crippen LogP contribution in [0.1, 0.15) is 34.3 Å². The van der Waals surface area contributed by atoms with Gasteiger partial charge in [0.2, 0.25) is 0 Å². The zero-order valence-electron chi connectivity index (χ0n) is 19.3. The smallest absolute Gasteiger partial charge is 0.255 e. The Morgan fingerprint density at radius 3 is 2.26 bits per heavy atom. The molecule has 0 aliphatic heterocycles. The standard InChI is InChI=1S/C30H26N2O2S/c31-22-25-13-4-6-15-28(25)35-29-16-7-5-14-27(29)32-30(33)24-17-19-26(20-18-24)34-21-9-8-12-23-10-2-1-3-11-23/h1-7,10-11,13-20H,8-9,12,21H2,(H,32,33). The van der Waals surface area contributed by atoms with Gasteiger partial charge in [0.25, 0.3) is 5.91 Å². The molecule has 4 aromatic carbocycles. The molecule has 4 aromatic rings. The normalized spacial score (nSPS) is 10.4. The van der Waals surface area contributed by atoms with Gasteiger partial charge in [0.1, 0.15) is 11.8 Å². The summed E-state index contributed by atoms with van der Waals surface area (Å²) in [5.74, 6) is 0.561. The van der Waals surface area contributed by atoms with Crippen LogP contribution in [0.15, 0.2) is 113 Å². The lowest BCUT2D eigenvalue weighted by Gasteiger charge is -2.12. The molecule has 174 valence electrons. The fourth-order valence-electron chi connectivity index (χ4n) is 3.59. The van der Waals surface area contributed by atoms with Crippen molar-refractivity contribution in [1.82, 2.24) is 0 Å². The van der Waals surface area contributed by atoms with E-state index in [9.17, 15) is 10.1 Å². The molecule has 0 aromatic heterocycles. The SMILES string of the molecule is N#Cc1ccccc1Sc1ccccc1NC(=O)c1ccc(OCCCCc2ccccc2)cc1. The van der Waals surface area contributed by atoms with Gasteiger partial charge in [-0.3, -0.25) is 4.79 Å². The molecule has 4 nitrogen and oxygen atoms in total. The highest BCUT2D eigenvalue weighted by Gasteiger charge is 2.12. The molecule has 0 aliphatic rings.